The van der Waals surface area contributed by atoms with Gasteiger partial charge in [0.05, 0.1) is 12.5 Å². The zero-order valence-corrected chi connectivity index (χ0v) is 12.0. The van der Waals surface area contributed by atoms with E-state index in [4.69, 9.17) is 5.11 Å². The number of carbonyl (C=O) groups is 2. The molecule has 1 aliphatic rings. The normalized spacial score (nSPS) is 16.8. The van der Waals surface area contributed by atoms with Crippen molar-refractivity contribution in [2.75, 3.05) is 0 Å². The van der Waals surface area contributed by atoms with Gasteiger partial charge in [0.2, 0.25) is 5.91 Å². The second-order valence-electron chi connectivity index (χ2n) is 5.41. The number of amides is 1. The molecule has 1 aliphatic heterocycles. The Kier molecular flexibility index (Phi) is 3.91. The summed E-state index contributed by atoms with van der Waals surface area (Å²) < 4.78 is 1.82. The SMILES string of the molecule is O=C(Cc1ccccc1)NC1CCCn2cc(C(=O)O)nc21. The summed E-state index contributed by atoms with van der Waals surface area (Å²) in [5.41, 5.74) is 0.976. The van der Waals surface area contributed by atoms with E-state index in [9.17, 15) is 9.59 Å². The van der Waals surface area contributed by atoms with E-state index in [-0.39, 0.29) is 17.6 Å². The van der Waals surface area contributed by atoms with Crippen molar-refractivity contribution in [3.63, 3.8) is 0 Å². The van der Waals surface area contributed by atoms with Crippen LogP contribution in [0.2, 0.25) is 0 Å². The van der Waals surface area contributed by atoms with Crippen molar-refractivity contribution in [1.29, 1.82) is 0 Å². The van der Waals surface area contributed by atoms with Crippen LogP contribution in [-0.4, -0.2) is 26.5 Å². The summed E-state index contributed by atoms with van der Waals surface area (Å²) >= 11 is 0. The fraction of sp³-hybridized carbons (Fsp3) is 0.312. The van der Waals surface area contributed by atoms with Crippen molar-refractivity contribution in [2.24, 2.45) is 0 Å². The predicted octanol–water partition coefficient (Wildman–Crippen LogP) is 1.78. The van der Waals surface area contributed by atoms with E-state index < -0.39 is 5.97 Å². The van der Waals surface area contributed by atoms with Crippen LogP contribution in [0.15, 0.2) is 36.5 Å². The Bertz CT molecular complexity index is 694. The molecule has 2 heterocycles. The van der Waals surface area contributed by atoms with Gasteiger partial charge in [0.15, 0.2) is 5.69 Å². The van der Waals surface area contributed by atoms with Gasteiger partial charge in [0, 0.05) is 12.7 Å². The first-order chi connectivity index (χ1) is 10.6. The Morgan fingerprint density at radius 3 is 2.82 bits per heavy atom. The lowest BCUT2D eigenvalue weighted by Gasteiger charge is -2.24. The zero-order valence-electron chi connectivity index (χ0n) is 12.0. The predicted molar refractivity (Wildman–Crippen MR) is 79.5 cm³/mol. The lowest BCUT2D eigenvalue weighted by molar-refractivity contribution is -0.121. The summed E-state index contributed by atoms with van der Waals surface area (Å²) in [5.74, 6) is -0.495. The molecule has 0 saturated heterocycles. The van der Waals surface area contributed by atoms with Crippen molar-refractivity contribution in [3.05, 3.63) is 53.6 Å². The molecule has 114 valence electrons. The maximum Gasteiger partial charge on any atom is 0.356 e. The molecule has 0 aliphatic carbocycles. The van der Waals surface area contributed by atoms with Crippen LogP contribution in [0.1, 0.15) is 40.8 Å². The maximum absolute atomic E-state index is 12.2. The molecule has 0 fully saturated rings. The lowest BCUT2D eigenvalue weighted by Crippen LogP contribution is -2.33. The number of benzene rings is 1. The standard InChI is InChI=1S/C16H17N3O3/c20-14(9-11-5-2-1-3-6-11)17-12-7-4-8-19-10-13(16(21)22)18-15(12)19/h1-3,5-6,10,12H,4,7-9H2,(H,17,20)(H,21,22). The largest absolute Gasteiger partial charge is 0.476 e. The summed E-state index contributed by atoms with van der Waals surface area (Å²) in [6, 6.07) is 9.29. The number of carbonyl (C=O) groups excluding carboxylic acids is 1. The molecule has 0 radical (unpaired) electrons. The number of aryl methyl sites for hydroxylation is 1. The third-order valence-electron chi connectivity index (χ3n) is 3.77. The second kappa shape index (κ2) is 6.01. The third-order valence-corrected chi connectivity index (χ3v) is 3.77. The number of nitrogens with zero attached hydrogens (tertiary/aromatic N) is 2. The smallest absolute Gasteiger partial charge is 0.356 e. The van der Waals surface area contributed by atoms with Crippen LogP contribution in [0.25, 0.3) is 0 Å². The first-order valence-corrected chi connectivity index (χ1v) is 7.27. The molecule has 22 heavy (non-hydrogen) atoms. The zero-order chi connectivity index (χ0) is 15.5. The minimum Gasteiger partial charge on any atom is -0.476 e. The van der Waals surface area contributed by atoms with Gasteiger partial charge in [-0.3, -0.25) is 4.79 Å². The minimum absolute atomic E-state index is 0.0270. The van der Waals surface area contributed by atoms with Gasteiger partial charge in [-0.05, 0) is 18.4 Å². The quantitative estimate of drug-likeness (QED) is 0.901. The van der Waals surface area contributed by atoms with E-state index in [1.807, 2.05) is 34.9 Å². The molecule has 1 amide bonds. The Morgan fingerprint density at radius 1 is 1.32 bits per heavy atom. The van der Waals surface area contributed by atoms with E-state index in [1.165, 1.54) is 6.20 Å². The van der Waals surface area contributed by atoms with Crippen LogP contribution in [-0.2, 0) is 17.8 Å². The summed E-state index contributed by atoms with van der Waals surface area (Å²) in [7, 11) is 0. The van der Waals surface area contributed by atoms with Crippen molar-refractivity contribution in [1.82, 2.24) is 14.9 Å². The highest BCUT2D eigenvalue weighted by atomic mass is 16.4. The number of rotatable bonds is 4. The summed E-state index contributed by atoms with van der Waals surface area (Å²) in [6.07, 6.45) is 3.51. The second-order valence-corrected chi connectivity index (χ2v) is 5.41. The van der Waals surface area contributed by atoms with Crippen LogP contribution < -0.4 is 5.32 Å². The van der Waals surface area contributed by atoms with Crippen molar-refractivity contribution < 1.29 is 14.7 Å². The van der Waals surface area contributed by atoms with Crippen LogP contribution >= 0.6 is 0 Å². The van der Waals surface area contributed by atoms with Crippen molar-refractivity contribution in [3.8, 4) is 0 Å². The molecule has 1 aromatic carbocycles. The minimum atomic E-state index is -1.05. The molecule has 0 spiro atoms. The van der Waals surface area contributed by atoms with Gasteiger partial charge in [-0.1, -0.05) is 30.3 Å². The molecule has 0 bridgehead atoms. The highest BCUT2D eigenvalue weighted by Gasteiger charge is 2.25. The monoisotopic (exact) mass is 299 g/mol. The van der Waals surface area contributed by atoms with Crippen molar-refractivity contribution >= 4 is 11.9 Å². The summed E-state index contributed by atoms with van der Waals surface area (Å²) in [4.78, 5) is 27.3. The number of aromatic carboxylic acids is 1. The van der Waals surface area contributed by atoms with Gasteiger partial charge in [0.1, 0.15) is 5.82 Å². The highest BCUT2D eigenvalue weighted by Crippen LogP contribution is 2.24. The van der Waals surface area contributed by atoms with E-state index >= 15 is 0 Å². The van der Waals surface area contributed by atoms with Gasteiger partial charge in [-0.15, -0.1) is 0 Å². The molecule has 3 rings (SSSR count). The summed E-state index contributed by atoms with van der Waals surface area (Å²) in [6.45, 7) is 0.737. The van der Waals surface area contributed by atoms with Crippen LogP contribution in [0.3, 0.4) is 0 Å². The van der Waals surface area contributed by atoms with Crippen molar-refractivity contribution in [2.45, 2.75) is 31.8 Å². The topological polar surface area (TPSA) is 84.2 Å². The van der Waals surface area contributed by atoms with Crippen LogP contribution in [0, 0.1) is 0 Å². The average Bonchev–Trinajstić information content (AvgIpc) is 2.93. The molecule has 0 saturated carbocycles. The molecule has 2 aromatic rings. The Hall–Kier alpha value is -2.63. The number of carboxylic acid groups (broad SMARTS) is 1. The number of fused-ring (bicyclic) bond motifs is 1. The highest BCUT2D eigenvalue weighted by molar-refractivity contribution is 5.85. The molecular formula is C16H17N3O3. The number of hydrogen-bond donors (Lipinski definition) is 2. The Balaban J connectivity index is 1.71. The van der Waals surface area contributed by atoms with E-state index in [0.717, 1.165) is 24.9 Å². The molecular weight excluding hydrogens is 282 g/mol. The molecule has 2 N–H and O–H groups in total. The first-order valence-electron chi connectivity index (χ1n) is 7.27. The Labute approximate surface area is 127 Å². The number of imidazole rings is 1. The van der Waals surface area contributed by atoms with Crippen LogP contribution in [0.4, 0.5) is 0 Å². The van der Waals surface area contributed by atoms with Gasteiger partial charge < -0.3 is 15.0 Å². The fourth-order valence-electron chi connectivity index (χ4n) is 2.75. The van der Waals surface area contributed by atoms with Crippen LogP contribution in [0.5, 0.6) is 0 Å². The van der Waals surface area contributed by atoms with E-state index in [1.54, 1.807) is 0 Å². The maximum atomic E-state index is 12.2. The number of nitrogens with one attached hydrogen (secondary N) is 1. The average molecular weight is 299 g/mol. The van der Waals surface area contributed by atoms with Gasteiger partial charge in [0.25, 0.3) is 0 Å². The molecule has 1 aromatic heterocycles. The first kappa shape index (κ1) is 14.3. The van der Waals surface area contributed by atoms with E-state index in [2.05, 4.69) is 10.3 Å². The molecule has 1 unspecified atom stereocenters. The lowest BCUT2D eigenvalue weighted by atomic mass is 10.1. The molecule has 6 nitrogen and oxygen atoms in total. The number of carboxylic acids is 1. The Morgan fingerprint density at radius 2 is 2.09 bits per heavy atom. The molecule has 1 atom stereocenters. The fourth-order valence-corrected chi connectivity index (χ4v) is 2.75. The van der Waals surface area contributed by atoms with E-state index in [0.29, 0.717) is 12.2 Å². The third kappa shape index (κ3) is 3.00. The van der Waals surface area contributed by atoms with Gasteiger partial charge in [-0.25, -0.2) is 9.78 Å². The summed E-state index contributed by atoms with van der Waals surface area (Å²) in [5, 5.41) is 12.0. The van der Waals surface area contributed by atoms with Gasteiger partial charge in [-0.2, -0.15) is 0 Å². The van der Waals surface area contributed by atoms with Gasteiger partial charge >= 0.3 is 5.97 Å². The molecule has 6 heteroatoms. The number of hydrogen-bond acceptors (Lipinski definition) is 3. The number of aromatic nitrogens is 2.